The lowest BCUT2D eigenvalue weighted by Crippen LogP contribution is -2.57. The fraction of sp³-hybridized carbons (Fsp3) is 0.485. The molecule has 0 N–H and O–H groups in total. The molecule has 7 nitrogen and oxygen atoms in total. The highest BCUT2D eigenvalue weighted by molar-refractivity contribution is 5.75. The van der Waals surface area contributed by atoms with Crippen LogP contribution in [-0.2, 0) is 17.8 Å². The molecule has 0 atom stereocenters. The number of likely N-dealkylation sites (tertiary alicyclic amines) is 1. The second kappa shape index (κ2) is 14.3. The minimum atomic E-state index is -0.328. The Morgan fingerprint density at radius 2 is 1.50 bits per heavy atom. The summed E-state index contributed by atoms with van der Waals surface area (Å²) in [6.07, 6.45) is 8.95. The number of piperidine rings is 1. The number of ether oxygens (including phenoxy) is 4. The van der Waals surface area contributed by atoms with Crippen LogP contribution in [0.2, 0.25) is 0 Å². The van der Waals surface area contributed by atoms with Gasteiger partial charge in [-0.15, -0.1) is 0 Å². The largest absolute Gasteiger partial charge is 0.497 e. The van der Waals surface area contributed by atoms with Crippen LogP contribution in [0.5, 0.6) is 23.0 Å². The molecule has 1 aliphatic heterocycles. The van der Waals surface area contributed by atoms with Crippen molar-refractivity contribution in [1.29, 1.82) is 0 Å². The van der Waals surface area contributed by atoms with Crippen molar-refractivity contribution < 1.29 is 23.7 Å². The molecule has 1 aliphatic rings. The first-order valence-corrected chi connectivity index (χ1v) is 14.1. The summed E-state index contributed by atoms with van der Waals surface area (Å²) in [6.45, 7) is 11.3. The Hall–Kier alpha value is -3.45. The fourth-order valence-electron chi connectivity index (χ4n) is 5.87. The molecule has 0 radical (unpaired) electrons. The Kier molecular flexibility index (Phi) is 11.1. The molecule has 1 saturated heterocycles. The van der Waals surface area contributed by atoms with E-state index in [4.69, 9.17) is 18.9 Å². The van der Waals surface area contributed by atoms with E-state index in [0.29, 0.717) is 6.54 Å². The van der Waals surface area contributed by atoms with Crippen molar-refractivity contribution in [3.05, 3.63) is 64.7 Å². The summed E-state index contributed by atoms with van der Waals surface area (Å²) >= 11 is 0. The highest BCUT2D eigenvalue weighted by Crippen LogP contribution is 2.37. The number of likely N-dealkylation sites (N-methyl/N-ethyl adjacent to an activating group) is 1. The van der Waals surface area contributed by atoms with E-state index in [0.717, 1.165) is 78.6 Å². The van der Waals surface area contributed by atoms with E-state index in [1.54, 1.807) is 35.4 Å². The summed E-state index contributed by atoms with van der Waals surface area (Å²) in [5, 5.41) is 0. The van der Waals surface area contributed by atoms with E-state index >= 15 is 0 Å². The maximum atomic E-state index is 12.8. The van der Waals surface area contributed by atoms with Crippen LogP contribution in [0.25, 0.3) is 6.08 Å². The van der Waals surface area contributed by atoms with Crippen LogP contribution in [0, 0.1) is 0 Å². The van der Waals surface area contributed by atoms with Crippen molar-refractivity contribution in [2.24, 2.45) is 0 Å². The SMILES string of the molecule is CCc1cc(OC)cc(OC)c1/C=C/C=C(\C)C1(N(CC)C(C)=O)CCN(Cc2cc(OC)cc(OC)c2)CC1. The highest BCUT2D eigenvalue weighted by Gasteiger charge is 2.41. The van der Waals surface area contributed by atoms with Gasteiger partial charge in [0, 0.05) is 50.8 Å². The Bertz CT molecular complexity index is 1160. The average molecular weight is 551 g/mol. The van der Waals surface area contributed by atoms with E-state index in [1.165, 1.54) is 5.57 Å². The lowest BCUT2D eigenvalue weighted by atomic mass is 9.78. The zero-order valence-corrected chi connectivity index (χ0v) is 25.5. The Balaban J connectivity index is 1.87. The summed E-state index contributed by atoms with van der Waals surface area (Å²) in [5.41, 5.74) is 4.22. The fourth-order valence-corrected chi connectivity index (χ4v) is 5.87. The second-order valence-electron chi connectivity index (χ2n) is 10.3. The summed E-state index contributed by atoms with van der Waals surface area (Å²) in [5.74, 6) is 3.26. The molecule has 2 aromatic rings. The van der Waals surface area contributed by atoms with Gasteiger partial charge in [-0.05, 0) is 68.0 Å². The molecule has 0 unspecified atom stereocenters. The molecule has 7 heteroatoms. The first kappa shape index (κ1) is 31.1. The topological polar surface area (TPSA) is 60.5 Å². The number of aryl methyl sites for hydroxylation is 1. The van der Waals surface area contributed by atoms with E-state index < -0.39 is 0 Å². The third kappa shape index (κ3) is 7.00. The Labute approximate surface area is 240 Å². The molecular formula is C33H46N2O5. The molecule has 0 aliphatic carbocycles. The van der Waals surface area contributed by atoms with Gasteiger partial charge >= 0.3 is 0 Å². The molecule has 3 rings (SSSR count). The van der Waals surface area contributed by atoms with E-state index in [2.05, 4.69) is 62.1 Å². The number of hydrogen-bond donors (Lipinski definition) is 0. The number of allylic oxidation sites excluding steroid dienone is 2. The van der Waals surface area contributed by atoms with Crippen LogP contribution >= 0.6 is 0 Å². The zero-order chi connectivity index (χ0) is 29.3. The number of rotatable bonds is 12. The van der Waals surface area contributed by atoms with E-state index in [1.807, 2.05) is 17.0 Å². The Morgan fingerprint density at radius 1 is 0.900 bits per heavy atom. The van der Waals surface area contributed by atoms with Crippen molar-refractivity contribution in [3.63, 3.8) is 0 Å². The summed E-state index contributed by atoms with van der Waals surface area (Å²) < 4.78 is 22.1. The molecular weight excluding hydrogens is 504 g/mol. The van der Waals surface area contributed by atoms with Crippen LogP contribution in [0.3, 0.4) is 0 Å². The van der Waals surface area contributed by atoms with Gasteiger partial charge < -0.3 is 23.8 Å². The molecule has 1 fully saturated rings. The van der Waals surface area contributed by atoms with Crippen LogP contribution < -0.4 is 18.9 Å². The maximum Gasteiger partial charge on any atom is 0.220 e. The lowest BCUT2D eigenvalue weighted by molar-refractivity contribution is -0.135. The minimum Gasteiger partial charge on any atom is -0.497 e. The zero-order valence-electron chi connectivity index (χ0n) is 25.5. The smallest absolute Gasteiger partial charge is 0.220 e. The molecule has 40 heavy (non-hydrogen) atoms. The number of nitrogens with zero attached hydrogens (tertiary/aromatic N) is 2. The summed E-state index contributed by atoms with van der Waals surface area (Å²) in [7, 11) is 6.70. The van der Waals surface area contributed by atoms with Crippen LogP contribution in [0.4, 0.5) is 0 Å². The van der Waals surface area contributed by atoms with Crippen molar-refractivity contribution in [1.82, 2.24) is 9.80 Å². The third-order valence-electron chi connectivity index (χ3n) is 8.09. The van der Waals surface area contributed by atoms with Gasteiger partial charge in [-0.2, -0.15) is 0 Å². The molecule has 0 aromatic heterocycles. The molecule has 1 heterocycles. The number of benzene rings is 2. The third-order valence-corrected chi connectivity index (χ3v) is 8.09. The van der Waals surface area contributed by atoms with Gasteiger partial charge in [0.2, 0.25) is 5.91 Å². The monoisotopic (exact) mass is 550 g/mol. The van der Waals surface area contributed by atoms with Gasteiger partial charge in [0.05, 0.1) is 34.0 Å². The summed E-state index contributed by atoms with van der Waals surface area (Å²) in [4.78, 5) is 17.3. The molecule has 0 bridgehead atoms. The number of hydrogen-bond acceptors (Lipinski definition) is 6. The number of carbonyl (C=O) groups is 1. The predicted molar refractivity (Wildman–Crippen MR) is 162 cm³/mol. The molecule has 0 spiro atoms. The quantitative estimate of drug-likeness (QED) is 0.296. The first-order chi connectivity index (χ1) is 19.2. The number of carbonyl (C=O) groups excluding carboxylic acids is 1. The van der Waals surface area contributed by atoms with Gasteiger partial charge in [0.1, 0.15) is 23.0 Å². The highest BCUT2D eigenvalue weighted by atomic mass is 16.5. The van der Waals surface area contributed by atoms with Gasteiger partial charge in [-0.3, -0.25) is 9.69 Å². The lowest BCUT2D eigenvalue weighted by Gasteiger charge is -2.49. The van der Waals surface area contributed by atoms with E-state index in [9.17, 15) is 4.79 Å². The maximum absolute atomic E-state index is 12.8. The van der Waals surface area contributed by atoms with Gasteiger partial charge in [-0.1, -0.05) is 25.2 Å². The molecule has 218 valence electrons. The van der Waals surface area contributed by atoms with Crippen molar-refractivity contribution in [2.45, 2.75) is 59.0 Å². The minimum absolute atomic E-state index is 0.107. The molecule has 0 saturated carbocycles. The van der Waals surface area contributed by atoms with Gasteiger partial charge in [0.25, 0.3) is 0 Å². The summed E-state index contributed by atoms with van der Waals surface area (Å²) in [6, 6.07) is 9.99. The van der Waals surface area contributed by atoms with Crippen molar-refractivity contribution >= 4 is 12.0 Å². The normalized spacial score (nSPS) is 15.7. The number of amides is 1. The van der Waals surface area contributed by atoms with E-state index in [-0.39, 0.29) is 11.4 Å². The standard InChI is InChI=1S/C33H46N2O5/c1-9-27-20-30(39-7)22-32(40-8)31(27)13-11-12-24(3)33(35(10-2)25(4)36)14-16-34(17-15-33)23-26-18-28(37-5)21-29(19-26)38-6/h11-13,18-22H,9-10,14-17,23H2,1-8H3/b13-11+,24-12+. The predicted octanol–water partition coefficient (Wildman–Crippen LogP) is 6.15. The van der Waals surface area contributed by atoms with Crippen molar-refractivity contribution in [3.8, 4) is 23.0 Å². The Morgan fingerprint density at radius 3 is 2.00 bits per heavy atom. The van der Waals surface area contributed by atoms with Crippen LogP contribution in [0.1, 0.15) is 57.2 Å². The van der Waals surface area contributed by atoms with Gasteiger partial charge in [0.15, 0.2) is 0 Å². The second-order valence-corrected chi connectivity index (χ2v) is 10.3. The molecule has 2 aromatic carbocycles. The molecule has 1 amide bonds. The number of methoxy groups -OCH3 is 4. The average Bonchev–Trinajstić information content (AvgIpc) is 2.97. The van der Waals surface area contributed by atoms with Crippen LogP contribution in [-0.4, -0.2) is 69.3 Å². The van der Waals surface area contributed by atoms with Crippen LogP contribution in [0.15, 0.2) is 48.1 Å². The van der Waals surface area contributed by atoms with Gasteiger partial charge in [-0.25, -0.2) is 0 Å². The first-order valence-electron chi connectivity index (χ1n) is 14.1. The van der Waals surface area contributed by atoms with Crippen molar-refractivity contribution in [2.75, 3.05) is 48.1 Å².